The van der Waals surface area contributed by atoms with Crippen LogP contribution >= 0.6 is 0 Å². The first kappa shape index (κ1) is 10.7. The van der Waals surface area contributed by atoms with Gasteiger partial charge in [0.05, 0.1) is 13.0 Å². The topological polar surface area (TPSA) is 26.3 Å². The summed E-state index contributed by atoms with van der Waals surface area (Å²) in [7, 11) is 0. The maximum atomic E-state index is 13.1. The molecule has 0 saturated carbocycles. The molecule has 0 heterocycles. The van der Waals surface area contributed by atoms with E-state index in [1.165, 1.54) is 6.07 Å². The van der Waals surface area contributed by atoms with Crippen LogP contribution in [0.1, 0.15) is 18.1 Å². The summed E-state index contributed by atoms with van der Waals surface area (Å²) in [5.74, 6) is -0.604. The summed E-state index contributed by atoms with van der Waals surface area (Å²) in [5, 5.41) is 0. The van der Waals surface area contributed by atoms with Crippen LogP contribution in [-0.2, 0) is 16.0 Å². The van der Waals surface area contributed by atoms with Crippen molar-refractivity contribution in [3.05, 3.63) is 35.1 Å². The Labute approximate surface area is 82.7 Å². The van der Waals surface area contributed by atoms with Crippen molar-refractivity contribution in [2.45, 2.75) is 20.3 Å². The highest BCUT2D eigenvalue weighted by atomic mass is 19.1. The van der Waals surface area contributed by atoms with Crippen LogP contribution in [0.2, 0.25) is 0 Å². The van der Waals surface area contributed by atoms with Crippen molar-refractivity contribution in [3.63, 3.8) is 0 Å². The van der Waals surface area contributed by atoms with Gasteiger partial charge in [-0.25, -0.2) is 4.39 Å². The predicted molar refractivity (Wildman–Crippen MR) is 51.5 cm³/mol. The smallest absolute Gasteiger partial charge is 0.310 e. The maximum absolute atomic E-state index is 13.1. The predicted octanol–water partition coefficient (Wildman–Crippen LogP) is 2.24. The van der Waals surface area contributed by atoms with Crippen molar-refractivity contribution in [1.82, 2.24) is 0 Å². The summed E-state index contributed by atoms with van der Waals surface area (Å²) in [5.41, 5.74) is 1.20. The van der Waals surface area contributed by atoms with E-state index < -0.39 is 0 Å². The van der Waals surface area contributed by atoms with E-state index in [0.29, 0.717) is 17.7 Å². The number of hydrogen-bond donors (Lipinski definition) is 0. The van der Waals surface area contributed by atoms with Gasteiger partial charge in [-0.05, 0) is 31.0 Å². The van der Waals surface area contributed by atoms with Crippen LogP contribution in [0.3, 0.4) is 0 Å². The van der Waals surface area contributed by atoms with Crippen molar-refractivity contribution in [2.24, 2.45) is 0 Å². The number of halogens is 1. The first-order chi connectivity index (χ1) is 6.65. The molecule has 0 atom stereocenters. The summed E-state index contributed by atoms with van der Waals surface area (Å²) in [6.45, 7) is 3.76. The normalized spacial score (nSPS) is 9.93. The largest absolute Gasteiger partial charge is 0.466 e. The van der Waals surface area contributed by atoms with E-state index in [9.17, 15) is 9.18 Å². The fraction of sp³-hybridized carbons (Fsp3) is 0.364. The zero-order chi connectivity index (χ0) is 10.6. The molecule has 0 bridgehead atoms. The van der Waals surface area contributed by atoms with Crippen molar-refractivity contribution in [1.29, 1.82) is 0 Å². The van der Waals surface area contributed by atoms with Crippen molar-refractivity contribution >= 4 is 5.97 Å². The Morgan fingerprint density at radius 3 is 2.86 bits per heavy atom. The van der Waals surface area contributed by atoms with Crippen LogP contribution in [0.15, 0.2) is 18.2 Å². The molecular formula is C11H13FO2. The quantitative estimate of drug-likeness (QED) is 0.693. The molecule has 0 aliphatic rings. The molecule has 1 aromatic rings. The third kappa shape index (κ3) is 2.55. The van der Waals surface area contributed by atoms with Gasteiger partial charge in [-0.3, -0.25) is 4.79 Å². The van der Waals surface area contributed by atoms with Gasteiger partial charge in [0.2, 0.25) is 0 Å². The lowest BCUT2D eigenvalue weighted by molar-refractivity contribution is -0.142. The molecule has 0 aliphatic carbocycles. The lowest BCUT2D eigenvalue weighted by atomic mass is 10.1. The Hall–Kier alpha value is -1.38. The minimum Gasteiger partial charge on any atom is -0.466 e. The SMILES string of the molecule is CCOC(=O)Cc1cccc(F)c1C. The van der Waals surface area contributed by atoms with Gasteiger partial charge in [0, 0.05) is 0 Å². The van der Waals surface area contributed by atoms with Crippen LogP contribution in [0.4, 0.5) is 4.39 Å². The molecule has 1 aromatic carbocycles. The second kappa shape index (κ2) is 4.74. The van der Waals surface area contributed by atoms with Gasteiger partial charge in [0.1, 0.15) is 5.82 Å². The van der Waals surface area contributed by atoms with Crippen molar-refractivity contribution < 1.29 is 13.9 Å². The van der Waals surface area contributed by atoms with Crippen molar-refractivity contribution in [3.8, 4) is 0 Å². The molecule has 0 N–H and O–H groups in total. The second-order valence-electron chi connectivity index (χ2n) is 3.01. The van der Waals surface area contributed by atoms with E-state index in [4.69, 9.17) is 4.74 Å². The molecule has 14 heavy (non-hydrogen) atoms. The highest BCUT2D eigenvalue weighted by Gasteiger charge is 2.08. The number of carbonyl (C=O) groups is 1. The van der Waals surface area contributed by atoms with E-state index in [2.05, 4.69) is 0 Å². The van der Waals surface area contributed by atoms with Gasteiger partial charge >= 0.3 is 5.97 Å². The first-order valence-electron chi connectivity index (χ1n) is 4.54. The third-order valence-electron chi connectivity index (χ3n) is 2.02. The van der Waals surface area contributed by atoms with Gasteiger partial charge in [0.25, 0.3) is 0 Å². The molecule has 3 heteroatoms. The van der Waals surface area contributed by atoms with Gasteiger partial charge in [0.15, 0.2) is 0 Å². The highest BCUT2D eigenvalue weighted by molar-refractivity contribution is 5.73. The molecule has 0 amide bonds. The molecule has 0 spiro atoms. The number of rotatable bonds is 3. The van der Waals surface area contributed by atoms with Crippen LogP contribution in [0.5, 0.6) is 0 Å². The highest BCUT2D eigenvalue weighted by Crippen LogP contribution is 2.12. The fourth-order valence-electron chi connectivity index (χ4n) is 1.21. The molecule has 0 unspecified atom stereocenters. The van der Waals surface area contributed by atoms with Crippen LogP contribution < -0.4 is 0 Å². The molecule has 1 rings (SSSR count). The van der Waals surface area contributed by atoms with Gasteiger partial charge < -0.3 is 4.74 Å². The molecule has 0 radical (unpaired) electrons. The zero-order valence-corrected chi connectivity index (χ0v) is 8.34. The number of ether oxygens (including phenoxy) is 1. The molecular weight excluding hydrogens is 183 g/mol. The standard InChI is InChI=1S/C11H13FO2/c1-3-14-11(13)7-9-5-4-6-10(12)8(9)2/h4-6H,3,7H2,1-2H3. The van der Waals surface area contributed by atoms with Crippen molar-refractivity contribution in [2.75, 3.05) is 6.61 Å². The van der Waals surface area contributed by atoms with Gasteiger partial charge in [-0.2, -0.15) is 0 Å². The third-order valence-corrected chi connectivity index (χ3v) is 2.02. The zero-order valence-electron chi connectivity index (χ0n) is 8.34. The Balaban J connectivity index is 2.76. The molecule has 76 valence electrons. The Morgan fingerprint density at radius 2 is 2.21 bits per heavy atom. The van der Waals surface area contributed by atoms with Crippen LogP contribution in [-0.4, -0.2) is 12.6 Å². The summed E-state index contributed by atoms with van der Waals surface area (Å²) >= 11 is 0. The van der Waals surface area contributed by atoms with Crippen LogP contribution in [0.25, 0.3) is 0 Å². The summed E-state index contributed by atoms with van der Waals surface area (Å²) < 4.78 is 17.8. The maximum Gasteiger partial charge on any atom is 0.310 e. The Kier molecular flexibility index (Phi) is 3.63. The van der Waals surface area contributed by atoms with E-state index in [1.807, 2.05) is 0 Å². The monoisotopic (exact) mass is 196 g/mol. The van der Waals surface area contributed by atoms with Gasteiger partial charge in [-0.15, -0.1) is 0 Å². The molecule has 0 saturated heterocycles. The molecule has 0 aliphatic heterocycles. The fourth-order valence-corrected chi connectivity index (χ4v) is 1.21. The number of carbonyl (C=O) groups excluding carboxylic acids is 1. The lowest BCUT2D eigenvalue weighted by Crippen LogP contribution is -2.08. The Bertz CT molecular complexity index is 334. The second-order valence-corrected chi connectivity index (χ2v) is 3.01. The average Bonchev–Trinajstić information content (AvgIpc) is 2.13. The molecule has 0 fully saturated rings. The number of hydrogen-bond acceptors (Lipinski definition) is 2. The number of benzene rings is 1. The minimum absolute atomic E-state index is 0.136. The number of esters is 1. The summed E-state index contributed by atoms with van der Waals surface area (Å²) in [6, 6.07) is 4.70. The van der Waals surface area contributed by atoms with Crippen LogP contribution in [0, 0.1) is 12.7 Å². The van der Waals surface area contributed by atoms with E-state index in [-0.39, 0.29) is 18.2 Å². The lowest BCUT2D eigenvalue weighted by Gasteiger charge is -2.05. The summed E-state index contributed by atoms with van der Waals surface area (Å²) in [4.78, 5) is 11.1. The summed E-state index contributed by atoms with van der Waals surface area (Å²) in [6.07, 6.45) is 0.136. The average molecular weight is 196 g/mol. The van der Waals surface area contributed by atoms with E-state index >= 15 is 0 Å². The Morgan fingerprint density at radius 1 is 1.50 bits per heavy atom. The molecule has 2 nitrogen and oxygen atoms in total. The van der Waals surface area contributed by atoms with E-state index in [0.717, 1.165) is 0 Å². The minimum atomic E-state index is -0.318. The van der Waals surface area contributed by atoms with Gasteiger partial charge in [-0.1, -0.05) is 12.1 Å². The molecule has 0 aromatic heterocycles. The van der Waals surface area contributed by atoms with E-state index in [1.54, 1.807) is 26.0 Å². The first-order valence-corrected chi connectivity index (χ1v) is 4.54.